The first-order chi connectivity index (χ1) is 9.15. The van der Waals surface area contributed by atoms with Crippen molar-refractivity contribution in [1.29, 1.82) is 0 Å². The van der Waals surface area contributed by atoms with Gasteiger partial charge in [0.05, 0.1) is 11.4 Å². The van der Waals surface area contributed by atoms with Crippen molar-refractivity contribution < 1.29 is 13.2 Å². The quantitative estimate of drug-likeness (QED) is 0.817. The Bertz CT molecular complexity index is 620. The molecular formula is C14H18N2O3S. The minimum Gasteiger partial charge on any atom is -0.341 e. The summed E-state index contributed by atoms with van der Waals surface area (Å²) in [6, 6.07) is 5.67. The summed E-state index contributed by atoms with van der Waals surface area (Å²) in [5.74, 6) is 1.95. The van der Waals surface area contributed by atoms with E-state index in [1.807, 2.05) is 0 Å². The average molecular weight is 294 g/mol. The van der Waals surface area contributed by atoms with Crippen molar-refractivity contribution in [2.24, 2.45) is 0 Å². The number of rotatable bonds is 4. The highest BCUT2D eigenvalue weighted by atomic mass is 32.2. The van der Waals surface area contributed by atoms with Crippen LogP contribution in [0.5, 0.6) is 0 Å². The highest BCUT2D eigenvalue weighted by Crippen LogP contribution is 2.13. The summed E-state index contributed by atoms with van der Waals surface area (Å²) in [7, 11) is -3.59. The maximum atomic E-state index is 12.1. The van der Waals surface area contributed by atoms with Crippen LogP contribution in [0.3, 0.4) is 0 Å². The van der Waals surface area contributed by atoms with Gasteiger partial charge in [-0.05, 0) is 45.0 Å². The van der Waals surface area contributed by atoms with Gasteiger partial charge in [0.2, 0.25) is 10.0 Å². The lowest BCUT2D eigenvalue weighted by molar-refractivity contribution is 0.0958. The van der Waals surface area contributed by atoms with Crippen molar-refractivity contribution in [3.05, 3.63) is 29.8 Å². The first-order valence-electron chi connectivity index (χ1n) is 6.01. The fourth-order valence-electron chi connectivity index (χ4n) is 1.48. The lowest BCUT2D eigenvalue weighted by Gasteiger charge is -2.20. The molecule has 0 aliphatic heterocycles. The third-order valence-electron chi connectivity index (χ3n) is 2.22. The summed E-state index contributed by atoms with van der Waals surface area (Å²) in [4.78, 5) is 11.7. The van der Waals surface area contributed by atoms with Gasteiger partial charge in [-0.3, -0.25) is 4.79 Å². The Hall–Kier alpha value is -1.84. The Kier molecular flexibility index (Phi) is 4.93. The van der Waals surface area contributed by atoms with Gasteiger partial charge >= 0.3 is 0 Å². The van der Waals surface area contributed by atoms with Gasteiger partial charge in [0.25, 0.3) is 5.91 Å². The monoisotopic (exact) mass is 294 g/mol. The summed E-state index contributed by atoms with van der Waals surface area (Å²) in [5.41, 5.74) is -0.211. The van der Waals surface area contributed by atoms with E-state index in [-0.39, 0.29) is 17.3 Å². The molecule has 0 atom stereocenters. The van der Waals surface area contributed by atoms with Crippen LogP contribution in [0.2, 0.25) is 0 Å². The second-order valence-corrected chi connectivity index (χ2v) is 6.95. The van der Waals surface area contributed by atoms with Crippen molar-refractivity contribution in [3.63, 3.8) is 0 Å². The Morgan fingerprint density at radius 3 is 2.25 bits per heavy atom. The molecule has 1 aromatic carbocycles. The summed E-state index contributed by atoms with van der Waals surface area (Å²) in [6.07, 6.45) is 5.04. The summed E-state index contributed by atoms with van der Waals surface area (Å²) in [6.45, 7) is 5.40. The van der Waals surface area contributed by atoms with E-state index in [9.17, 15) is 13.2 Å². The highest BCUT2D eigenvalue weighted by Gasteiger charge is 2.22. The number of carbonyl (C=O) groups is 1. The maximum Gasteiger partial charge on any atom is 0.252 e. The fourth-order valence-corrected chi connectivity index (χ4v) is 2.90. The first-order valence-corrected chi connectivity index (χ1v) is 7.50. The van der Waals surface area contributed by atoms with Gasteiger partial charge in [-0.15, -0.1) is 6.42 Å². The SMILES string of the molecule is C#CCNC(=O)c1ccc(S(=O)(=O)NC(C)(C)C)cc1. The molecule has 6 heteroatoms. The van der Waals surface area contributed by atoms with Gasteiger partial charge in [-0.2, -0.15) is 0 Å². The molecule has 0 spiro atoms. The van der Waals surface area contributed by atoms with Crippen molar-refractivity contribution >= 4 is 15.9 Å². The van der Waals surface area contributed by atoms with Crippen LogP contribution in [0.4, 0.5) is 0 Å². The first kappa shape index (κ1) is 16.2. The third kappa shape index (κ3) is 4.68. The zero-order chi connectivity index (χ0) is 15.4. The standard InChI is InChI=1S/C14H18N2O3S/c1-5-10-15-13(17)11-6-8-12(9-7-11)20(18,19)16-14(2,3)4/h1,6-9,16H,10H2,2-4H3,(H,15,17). The van der Waals surface area contributed by atoms with E-state index in [2.05, 4.69) is 16.0 Å². The van der Waals surface area contributed by atoms with E-state index in [0.717, 1.165) is 0 Å². The van der Waals surface area contributed by atoms with Crippen molar-refractivity contribution in [2.45, 2.75) is 31.2 Å². The predicted octanol–water partition coefficient (Wildman–Crippen LogP) is 1.13. The van der Waals surface area contributed by atoms with E-state index < -0.39 is 15.6 Å². The Morgan fingerprint density at radius 2 is 1.80 bits per heavy atom. The summed E-state index contributed by atoms with van der Waals surface area (Å²) < 4.78 is 26.7. The number of carbonyl (C=O) groups excluding carboxylic acids is 1. The number of amides is 1. The molecule has 0 saturated heterocycles. The lowest BCUT2D eigenvalue weighted by atomic mass is 10.1. The minimum absolute atomic E-state index is 0.112. The second-order valence-electron chi connectivity index (χ2n) is 5.27. The number of nitrogens with one attached hydrogen (secondary N) is 2. The van der Waals surface area contributed by atoms with Gasteiger partial charge in [0, 0.05) is 11.1 Å². The van der Waals surface area contributed by atoms with Crippen LogP contribution in [-0.4, -0.2) is 26.4 Å². The normalized spacial score (nSPS) is 11.7. The van der Waals surface area contributed by atoms with Crippen molar-refractivity contribution in [2.75, 3.05) is 6.54 Å². The molecule has 1 aromatic rings. The fraction of sp³-hybridized carbons (Fsp3) is 0.357. The largest absolute Gasteiger partial charge is 0.341 e. The number of benzene rings is 1. The van der Waals surface area contributed by atoms with Crippen LogP contribution in [0.15, 0.2) is 29.2 Å². The molecule has 0 aliphatic carbocycles. The predicted molar refractivity (Wildman–Crippen MR) is 77.7 cm³/mol. The van der Waals surface area contributed by atoms with Crippen LogP contribution >= 0.6 is 0 Å². The molecule has 0 heterocycles. The summed E-state index contributed by atoms with van der Waals surface area (Å²) in [5, 5.41) is 2.50. The van der Waals surface area contributed by atoms with E-state index >= 15 is 0 Å². The smallest absolute Gasteiger partial charge is 0.252 e. The van der Waals surface area contributed by atoms with Crippen LogP contribution in [-0.2, 0) is 10.0 Å². The van der Waals surface area contributed by atoms with Gasteiger partial charge in [0.15, 0.2) is 0 Å². The van der Waals surface area contributed by atoms with Crippen molar-refractivity contribution in [1.82, 2.24) is 10.0 Å². The molecule has 20 heavy (non-hydrogen) atoms. The van der Waals surface area contributed by atoms with E-state index in [4.69, 9.17) is 6.42 Å². The highest BCUT2D eigenvalue weighted by molar-refractivity contribution is 7.89. The number of sulfonamides is 1. The van der Waals surface area contributed by atoms with Gasteiger partial charge in [-0.1, -0.05) is 5.92 Å². The summed E-state index contributed by atoms with van der Waals surface area (Å²) >= 11 is 0. The molecule has 2 N–H and O–H groups in total. The molecule has 0 saturated carbocycles. The van der Waals surface area contributed by atoms with Crippen LogP contribution in [0, 0.1) is 12.3 Å². The van der Waals surface area contributed by atoms with E-state index in [0.29, 0.717) is 5.56 Å². The minimum atomic E-state index is -3.59. The molecule has 108 valence electrons. The Balaban J connectivity index is 2.92. The molecule has 0 aliphatic rings. The van der Waals surface area contributed by atoms with Crippen molar-refractivity contribution in [3.8, 4) is 12.3 Å². The number of terminal acetylenes is 1. The maximum absolute atomic E-state index is 12.1. The van der Waals surface area contributed by atoms with Crippen LogP contribution in [0.25, 0.3) is 0 Å². The molecule has 0 fully saturated rings. The molecule has 5 nitrogen and oxygen atoms in total. The zero-order valence-electron chi connectivity index (χ0n) is 11.7. The Labute approximate surface area is 119 Å². The molecule has 0 unspecified atom stereocenters. The molecule has 0 radical (unpaired) electrons. The molecular weight excluding hydrogens is 276 g/mol. The third-order valence-corrected chi connectivity index (χ3v) is 3.99. The van der Waals surface area contributed by atoms with Gasteiger partial charge in [0.1, 0.15) is 0 Å². The number of hydrogen-bond donors (Lipinski definition) is 2. The van der Waals surface area contributed by atoms with Gasteiger partial charge < -0.3 is 5.32 Å². The number of hydrogen-bond acceptors (Lipinski definition) is 3. The Morgan fingerprint density at radius 1 is 1.25 bits per heavy atom. The van der Waals surface area contributed by atoms with Crippen LogP contribution in [0.1, 0.15) is 31.1 Å². The zero-order valence-corrected chi connectivity index (χ0v) is 12.5. The molecule has 1 amide bonds. The van der Waals surface area contributed by atoms with E-state index in [1.54, 1.807) is 20.8 Å². The van der Waals surface area contributed by atoms with Gasteiger partial charge in [-0.25, -0.2) is 13.1 Å². The second kappa shape index (κ2) is 6.07. The lowest BCUT2D eigenvalue weighted by Crippen LogP contribution is -2.40. The topological polar surface area (TPSA) is 75.3 Å². The molecule has 0 bridgehead atoms. The molecule has 1 rings (SSSR count). The average Bonchev–Trinajstić information content (AvgIpc) is 2.33. The molecule has 0 aromatic heterocycles. The van der Waals surface area contributed by atoms with Crippen LogP contribution < -0.4 is 10.0 Å². The van der Waals surface area contributed by atoms with E-state index in [1.165, 1.54) is 24.3 Å².